The van der Waals surface area contributed by atoms with Crippen LogP contribution in [-0.4, -0.2) is 38.9 Å². The Kier molecular flexibility index (Phi) is 6.36. The molecule has 21 heavy (non-hydrogen) atoms. The van der Waals surface area contributed by atoms with Gasteiger partial charge in [0.05, 0.1) is 17.9 Å². The number of amides is 1. The van der Waals surface area contributed by atoms with Gasteiger partial charge < -0.3 is 10.1 Å². The molecule has 0 atom stereocenters. The smallest absolute Gasteiger partial charge is 0.338 e. The maximum atomic E-state index is 11.6. The van der Waals surface area contributed by atoms with Gasteiger partial charge in [0.25, 0.3) is 0 Å². The molecule has 0 radical (unpaired) electrons. The maximum Gasteiger partial charge on any atom is 0.338 e. The molecule has 0 aromatic heterocycles. The summed E-state index contributed by atoms with van der Waals surface area (Å²) in [6, 6.07) is 6.32. The molecule has 0 aliphatic carbocycles. The van der Waals surface area contributed by atoms with Crippen LogP contribution in [0.5, 0.6) is 0 Å². The summed E-state index contributed by atoms with van der Waals surface area (Å²) in [4.78, 5) is 23.1. The number of anilines is 1. The first-order valence-electron chi connectivity index (χ1n) is 6.56. The summed E-state index contributed by atoms with van der Waals surface area (Å²) in [5.41, 5.74) is 0.958. The molecule has 0 saturated carbocycles. The fraction of sp³-hybridized carbons (Fsp3) is 0.429. The molecule has 116 valence electrons. The zero-order chi connectivity index (χ0) is 15.9. The highest BCUT2D eigenvalue weighted by molar-refractivity contribution is 7.90. The van der Waals surface area contributed by atoms with Gasteiger partial charge in [0.1, 0.15) is 9.84 Å². The van der Waals surface area contributed by atoms with Gasteiger partial charge in [0.15, 0.2) is 0 Å². The number of carbonyl (C=O) groups excluding carboxylic acids is 2. The van der Waals surface area contributed by atoms with Gasteiger partial charge in [-0.1, -0.05) is 0 Å². The van der Waals surface area contributed by atoms with Gasteiger partial charge in [-0.25, -0.2) is 13.2 Å². The number of hydrogen-bond donors (Lipinski definition) is 1. The third-order valence-electron chi connectivity index (χ3n) is 2.60. The highest BCUT2D eigenvalue weighted by atomic mass is 32.2. The van der Waals surface area contributed by atoms with E-state index >= 15 is 0 Å². The number of ether oxygens (including phenoxy) is 1. The molecule has 0 spiro atoms. The number of carbonyl (C=O) groups is 2. The van der Waals surface area contributed by atoms with E-state index in [0.717, 1.165) is 6.26 Å². The first kappa shape index (κ1) is 17.2. The van der Waals surface area contributed by atoms with E-state index in [9.17, 15) is 18.0 Å². The van der Waals surface area contributed by atoms with Gasteiger partial charge >= 0.3 is 5.97 Å². The van der Waals surface area contributed by atoms with Crippen LogP contribution in [0.2, 0.25) is 0 Å². The molecule has 1 rings (SSSR count). The summed E-state index contributed by atoms with van der Waals surface area (Å²) in [7, 11) is -3.04. The third-order valence-corrected chi connectivity index (χ3v) is 3.63. The monoisotopic (exact) mass is 313 g/mol. The molecule has 0 bridgehead atoms. The van der Waals surface area contributed by atoms with Crippen molar-refractivity contribution >= 4 is 27.4 Å². The van der Waals surface area contributed by atoms with Crippen LogP contribution in [0, 0.1) is 0 Å². The first-order chi connectivity index (χ1) is 9.81. The second kappa shape index (κ2) is 7.78. The fourth-order valence-corrected chi connectivity index (χ4v) is 2.29. The molecule has 6 nitrogen and oxygen atoms in total. The van der Waals surface area contributed by atoms with Crippen molar-refractivity contribution in [2.24, 2.45) is 0 Å². The quantitative estimate of drug-likeness (QED) is 0.773. The average Bonchev–Trinajstić information content (AvgIpc) is 2.38. The largest absolute Gasteiger partial charge is 0.462 e. The summed E-state index contributed by atoms with van der Waals surface area (Å²) in [6.45, 7) is 2.03. The van der Waals surface area contributed by atoms with Crippen molar-refractivity contribution in [3.05, 3.63) is 29.8 Å². The summed E-state index contributed by atoms with van der Waals surface area (Å²) in [5.74, 6) is -0.687. The van der Waals surface area contributed by atoms with Crippen LogP contribution >= 0.6 is 0 Å². The van der Waals surface area contributed by atoms with Crippen LogP contribution in [0.15, 0.2) is 24.3 Å². The van der Waals surface area contributed by atoms with Crippen molar-refractivity contribution in [2.45, 2.75) is 19.8 Å². The minimum atomic E-state index is -3.04. The van der Waals surface area contributed by atoms with Crippen LogP contribution < -0.4 is 5.32 Å². The Labute approximate surface area is 124 Å². The normalized spacial score (nSPS) is 11.0. The molecule has 7 heteroatoms. The Balaban J connectivity index is 2.48. The lowest BCUT2D eigenvalue weighted by molar-refractivity contribution is -0.116. The summed E-state index contributed by atoms with van der Waals surface area (Å²) < 4.78 is 26.8. The van der Waals surface area contributed by atoms with Crippen molar-refractivity contribution < 1.29 is 22.7 Å². The van der Waals surface area contributed by atoms with Crippen LogP contribution in [0.4, 0.5) is 5.69 Å². The zero-order valence-corrected chi connectivity index (χ0v) is 12.9. The van der Waals surface area contributed by atoms with Gasteiger partial charge in [-0.3, -0.25) is 4.79 Å². The second-order valence-electron chi connectivity index (χ2n) is 4.58. The predicted octanol–water partition coefficient (Wildman–Crippen LogP) is 1.63. The summed E-state index contributed by atoms with van der Waals surface area (Å²) in [5, 5.41) is 2.64. The van der Waals surface area contributed by atoms with E-state index in [1.807, 2.05) is 0 Å². The standard InChI is InChI=1S/C14H19NO5S/c1-3-20-14(17)11-6-8-12(9-7-11)15-13(16)5-4-10-21(2,18)19/h6-9H,3-5,10H2,1-2H3,(H,15,16). The molecule has 1 amide bonds. The van der Waals surface area contributed by atoms with Gasteiger partial charge in [-0.05, 0) is 37.6 Å². The Morgan fingerprint density at radius 1 is 1.19 bits per heavy atom. The molecular weight excluding hydrogens is 294 g/mol. The number of nitrogens with one attached hydrogen (secondary N) is 1. The van der Waals surface area contributed by atoms with E-state index in [2.05, 4.69) is 5.32 Å². The summed E-state index contributed by atoms with van der Waals surface area (Å²) in [6.07, 6.45) is 1.55. The van der Waals surface area contributed by atoms with E-state index in [1.54, 1.807) is 31.2 Å². The molecule has 0 heterocycles. The van der Waals surface area contributed by atoms with E-state index in [4.69, 9.17) is 4.74 Å². The lowest BCUT2D eigenvalue weighted by Gasteiger charge is -2.06. The number of sulfone groups is 1. The van der Waals surface area contributed by atoms with Crippen LogP contribution in [0.1, 0.15) is 30.1 Å². The van der Waals surface area contributed by atoms with Crippen LogP contribution in [0.3, 0.4) is 0 Å². The van der Waals surface area contributed by atoms with E-state index < -0.39 is 15.8 Å². The SMILES string of the molecule is CCOC(=O)c1ccc(NC(=O)CCCS(C)(=O)=O)cc1. The number of rotatable bonds is 7. The van der Waals surface area contributed by atoms with Crippen LogP contribution in [-0.2, 0) is 19.4 Å². The maximum absolute atomic E-state index is 11.6. The van der Waals surface area contributed by atoms with Gasteiger partial charge in [-0.2, -0.15) is 0 Å². The average molecular weight is 313 g/mol. The number of esters is 1. The molecule has 0 aliphatic rings. The molecule has 1 aromatic carbocycles. The molecule has 1 aromatic rings. The summed E-state index contributed by atoms with van der Waals surface area (Å²) >= 11 is 0. The Morgan fingerprint density at radius 3 is 2.33 bits per heavy atom. The third kappa shape index (κ3) is 6.89. The molecule has 1 N–H and O–H groups in total. The fourth-order valence-electron chi connectivity index (χ4n) is 1.62. The highest BCUT2D eigenvalue weighted by Gasteiger charge is 2.08. The first-order valence-corrected chi connectivity index (χ1v) is 8.62. The Bertz CT molecular complexity index is 592. The lowest BCUT2D eigenvalue weighted by Crippen LogP contribution is -2.13. The number of benzene rings is 1. The van der Waals surface area contributed by atoms with Gasteiger partial charge in [0, 0.05) is 18.4 Å². The Hall–Kier alpha value is -1.89. The molecule has 0 fully saturated rings. The van der Waals surface area contributed by atoms with Crippen molar-refractivity contribution in [1.29, 1.82) is 0 Å². The molecule has 0 unspecified atom stereocenters. The second-order valence-corrected chi connectivity index (χ2v) is 6.84. The van der Waals surface area contributed by atoms with E-state index in [-0.39, 0.29) is 24.5 Å². The topological polar surface area (TPSA) is 89.5 Å². The van der Waals surface area contributed by atoms with Crippen LogP contribution in [0.25, 0.3) is 0 Å². The predicted molar refractivity (Wildman–Crippen MR) is 80.0 cm³/mol. The number of hydrogen-bond acceptors (Lipinski definition) is 5. The highest BCUT2D eigenvalue weighted by Crippen LogP contribution is 2.11. The Morgan fingerprint density at radius 2 is 1.81 bits per heavy atom. The lowest BCUT2D eigenvalue weighted by atomic mass is 10.2. The van der Waals surface area contributed by atoms with Gasteiger partial charge in [0.2, 0.25) is 5.91 Å². The molecule has 0 aliphatic heterocycles. The van der Waals surface area contributed by atoms with Crippen molar-refractivity contribution in [3.8, 4) is 0 Å². The van der Waals surface area contributed by atoms with Crippen molar-refractivity contribution in [2.75, 3.05) is 23.9 Å². The van der Waals surface area contributed by atoms with Crippen molar-refractivity contribution in [1.82, 2.24) is 0 Å². The van der Waals surface area contributed by atoms with E-state index in [0.29, 0.717) is 17.9 Å². The van der Waals surface area contributed by atoms with Crippen molar-refractivity contribution in [3.63, 3.8) is 0 Å². The zero-order valence-electron chi connectivity index (χ0n) is 12.1. The molecular formula is C14H19NO5S. The minimum Gasteiger partial charge on any atom is -0.462 e. The van der Waals surface area contributed by atoms with E-state index in [1.165, 1.54) is 0 Å². The van der Waals surface area contributed by atoms with Gasteiger partial charge in [-0.15, -0.1) is 0 Å². The minimum absolute atomic E-state index is 0.0117. The molecule has 0 saturated heterocycles.